The molecule has 0 aliphatic carbocycles. The number of fused-ring (bicyclic) bond motifs is 1. The Morgan fingerprint density at radius 3 is 2.28 bits per heavy atom. The number of halogens is 1. The maximum absolute atomic E-state index is 14.3. The Hall–Kier alpha value is -2.93. The van der Waals surface area contributed by atoms with E-state index in [1.165, 1.54) is 0 Å². The first-order valence-corrected chi connectivity index (χ1v) is 13.3. The Morgan fingerprint density at radius 1 is 0.917 bits per heavy atom. The van der Waals surface area contributed by atoms with Crippen LogP contribution in [0, 0.1) is 0 Å². The number of hydrogen-bond donors (Lipinski definition) is 1. The van der Waals surface area contributed by atoms with Gasteiger partial charge in [-0.25, -0.2) is 0 Å². The third-order valence-electron chi connectivity index (χ3n) is 7.18. The number of amides is 1. The Kier molecular flexibility index (Phi) is 7.28. The molecule has 186 valence electrons. The van der Waals surface area contributed by atoms with Crippen LogP contribution in [-0.4, -0.2) is 54.1 Å². The van der Waals surface area contributed by atoms with Crippen LogP contribution in [0.2, 0.25) is 5.02 Å². The standard InChI is InChI=1S/C29H31ClN4OS/c1-2-16-34-26-11-7-6-10-25(26)31-27(35)29(28(34)36,21-22-8-4-3-5-9-22)33-19-17-32(18-20-33)24-14-12-23(30)13-15-24/h3-15H,2,16-21H2,1H3,(H,31,35). The fourth-order valence-corrected chi connectivity index (χ4v) is 5.96. The van der Waals surface area contributed by atoms with E-state index in [9.17, 15) is 4.79 Å². The molecule has 2 aliphatic heterocycles. The molecule has 1 amide bonds. The van der Waals surface area contributed by atoms with Crippen LogP contribution in [0.5, 0.6) is 0 Å². The van der Waals surface area contributed by atoms with E-state index < -0.39 is 5.54 Å². The highest BCUT2D eigenvalue weighted by atomic mass is 35.5. The van der Waals surface area contributed by atoms with Crippen LogP contribution in [-0.2, 0) is 11.2 Å². The molecule has 0 radical (unpaired) electrons. The molecule has 2 heterocycles. The number of rotatable bonds is 6. The van der Waals surface area contributed by atoms with Crippen LogP contribution < -0.4 is 15.1 Å². The topological polar surface area (TPSA) is 38.8 Å². The lowest BCUT2D eigenvalue weighted by atomic mass is 9.86. The molecule has 36 heavy (non-hydrogen) atoms. The van der Waals surface area contributed by atoms with Crippen molar-refractivity contribution in [2.45, 2.75) is 25.3 Å². The Balaban J connectivity index is 1.53. The molecule has 0 saturated carbocycles. The molecule has 1 fully saturated rings. The van der Waals surface area contributed by atoms with Crippen molar-refractivity contribution >= 4 is 51.8 Å². The average molecular weight is 519 g/mol. The van der Waals surface area contributed by atoms with Crippen molar-refractivity contribution in [3.63, 3.8) is 0 Å². The first kappa shape index (κ1) is 24.8. The fraction of sp³-hybridized carbons (Fsp3) is 0.310. The Bertz CT molecular complexity index is 1230. The third kappa shape index (κ3) is 4.61. The minimum absolute atomic E-state index is 0.0534. The van der Waals surface area contributed by atoms with Crippen molar-refractivity contribution < 1.29 is 4.79 Å². The monoisotopic (exact) mass is 518 g/mol. The number of anilines is 3. The quantitative estimate of drug-likeness (QED) is 0.427. The van der Waals surface area contributed by atoms with Gasteiger partial charge in [-0.15, -0.1) is 0 Å². The summed E-state index contributed by atoms with van der Waals surface area (Å²) in [5, 5.41) is 3.99. The molecule has 1 saturated heterocycles. The first-order chi connectivity index (χ1) is 17.5. The third-order valence-corrected chi connectivity index (χ3v) is 7.99. The molecule has 1 atom stereocenters. The number of nitrogens with one attached hydrogen (secondary N) is 1. The molecular weight excluding hydrogens is 488 g/mol. The summed E-state index contributed by atoms with van der Waals surface area (Å²) in [7, 11) is 0. The number of thiocarbonyl (C=S) groups is 1. The highest BCUT2D eigenvalue weighted by Gasteiger charge is 2.52. The van der Waals surface area contributed by atoms with E-state index in [4.69, 9.17) is 23.8 Å². The second kappa shape index (κ2) is 10.6. The number of carbonyl (C=O) groups excluding carboxylic acids is 1. The number of para-hydroxylation sites is 2. The van der Waals surface area contributed by atoms with Crippen molar-refractivity contribution in [3.05, 3.63) is 89.4 Å². The van der Waals surface area contributed by atoms with E-state index in [1.807, 2.05) is 48.5 Å². The Labute approximate surface area is 223 Å². The zero-order valence-electron chi connectivity index (χ0n) is 20.5. The van der Waals surface area contributed by atoms with Crippen LogP contribution in [0.3, 0.4) is 0 Å². The van der Waals surface area contributed by atoms with Crippen molar-refractivity contribution in [2.24, 2.45) is 0 Å². The lowest BCUT2D eigenvalue weighted by Gasteiger charge is -2.48. The van der Waals surface area contributed by atoms with Gasteiger partial charge in [-0.05, 0) is 48.4 Å². The molecule has 5 rings (SSSR count). The zero-order valence-corrected chi connectivity index (χ0v) is 22.1. The lowest BCUT2D eigenvalue weighted by molar-refractivity contribution is -0.124. The first-order valence-electron chi connectivity index (χ1n) is 12.5. The summed E-state index contributed by atoms with van der Waals surface area (Å²) < 4.78 is 0. The number of carbonyl (C=O) groups is 1. The summed E-state index contributed by atoms with van der Waals surface area (Å²) in [6, 6.07) is 26.2. The molecule has 3 aromatic carbocycles. The summed E-state index contributed by atoms with van der Waals surface area (Å²) in [4.78, 5) is 21.8. The fourth-order valence-electron chi connectivity index (χ4n) is 5.35. The van der Waals surface area contributed by atoms with Crippen LogP contribution in [0.15, 0.2) is 78.9 Å². The molecular formula is C29H31ClN4OS. The van der Waals surface area contributed by atoms with E-state index in [1.54, 1.807) is 0 Å². The van der Waals surface area contributed by atoms with Gasteiger partial charge in [-0.2, -0.15) is 0 Å². The van der Waals surface area contributed by atoms with E-state index in [0.717, 1.165) is 66.8 Å². The summed E-state index contributed by atoms with van der Waals surface area (Å²) in [6.45, 7) is 5.95. The highest BCUT2D eigenvalue weighted by Crippen LogP contribution is 2.38. The van der Waals surface area contributed by atoms with E-state index in [0.29, 0.717) is 11.4 Å². The lowest BCUT2D eigenvalue weighted by Crippen LogP contribution is -2.69. The van der Waals surface area contributed by atoms with Crippen LogP contribution in [0.25, 0.3) is 0 Å². The number of nitrogens with zero attached hydrogens (tertiary/aromatic N) is 3. The van der Waals surface area contributed by atoms with Gasteiger partial charge < -0.3 is 15.1 Å². The van der Waals surface area contributed by atoms with E-state index in [-0.39, 0.29) is 5.91 Å². The molecule has 5 nitrogen and oxygen atoms in total. The Morgan fingerprint density at radius 2 is 1.58 bits per heavy atom. The summed E-state index contributed by atoms with van der Waals surface area (Å²) in [5.41, 5.74) is 3.04. The summed E-state index contributed by atoms with van der Waals surface area (Å²) in [6.07, 6.45) is 1.45. The SMILES string of the molecule is CCCN1C(=S)C(Cc2ccccc2)(N2CCN(c3ccc(Cl)cc3)CC2)C(=O)Nc2ccccc21. The van der Waals surface area contributed by atoms with Crippen LogP contribution >= 0.6 is 23.8 Å². The molecule has 3 aromatic rings. The van der Waals surface area contributed by atoms with Gasteiger partial charge in [0, 0.05) is 49.9 Å². The van der Waals surface area contributed by atoms with E-state index in [2.05, 4.69) is 57.3 Å². The van der Waals surface area contributed by atoms with Gasteiger partial charge >= 0.3 is 0 Å². The smallest absolute Gasteiger partial charge is 0.252 e. The van der Waals surface area contributed by atoms with Crippen molar-refractivity contribution in [3.8, 4) is 0 Å². The predicted molar refractivity (Wildman–Crippen MR) is 153 cm³/mol. The highest BCUT2D eigenvalue weighted by molar-refractivity contribution is 7.81. The van der Waals surface area contributed by atoms with Crippen molar-refractivity contribution in [1.29, 1.82) is 0 Å². The van der Waals surface area contributed by atoms with Gasteiger partial charge in [0.15, 0.2) is 5.54 Å². The van der Waals surface area contributed by atoms with Gasteiger partial charge in [0.1, 0.15) is 4.99 Å². The number of benzene rings is 3. The molecule has 1 unspecified atom stereocenters. The molecule has 0 bridgehead atoms. The van der Waals surface area contributed by atoms with Gasteiger partial charge in [0.2, 0.25) is 0 Å². The minimum Gasteiger partial charge on any atom is -0.369 e. The number of piperazine rings is 1. The maximum Gasteiger partial charge on any atom is 0.252 e. The van der Waals surface area contributed by atoms with Crippen LogP contribution in [0.1, 0.15) is 18.9 Å². The molecule has 0 aromatic heterocycles. The van der Waals surface area contributed by atoms with Crippen LogP contribution in [0.4, 0.5) is 17.1 Å². The predicted octanol–water partition coefficient (Wildman–Crippen LogP) is 5.64. The second-order valence-corrected chi connectivity index (χ2v) is 10.2. The van der Waals surface area contributed by atoms with Gasteiger partial charge in [0.25, 0.3) is 5.91 Å². The summed E-state index contributed by atoms with van der Waals surface area (Å²) in [5.74, 6) is -0.0534. The van der Waals surface area contributed by atoms with E-state index >= 15 is 0 Å². The summed E-state index contributed by atoms with van der Waals surface area (Å²) >= 11 is 12.4. The number of hydrogen-bond acceptors (Lipinski definition) is 4. The molecule has 1 N–H and O–H groups in total. The molecule has 7 heteroatoms. The zero-order chi connectivity index (χ0) is 25.1. The molecule has 0 spiro atoms. The maximum atomic E-state index is 14.3. The minimum atomic E-state index is -0.975. The largest absolute Gasteiger partial charge is 0.369 e. The normalized spacial score (nSPS) is 20.6. The average Bonchev–Trinajstić information content (AvgIpc) is 2.99. The van der Waals surface area contributed by atoms with Crippen molar-refractivity contribution in [2.75, 3.05) is 47.8 Å². The van der Waals surface area contributed by atoms with Gasteiger partial charge in [-0.3, -0.25) is 9.69 Å². The van der Waals surface area contributed by atoms with Crippen molar-refractivity contribution in [1.82, 2.24) is 4.90 Å². The molecule has 2 aliphatic rings. The second-order valence-electron chi connectivity index (χ2n) is 9.40. The van der Waals surface area contributed by atoms with Gasteiger partial charge in [0.05, 0.1) is 11.4 Å². The van der Waals surface area contributed by atoms with Gasteiger partial charge in [-0.1, -0.05) is 73.2 Å².